The van der Waals surface area contributed by atoms with Crippen LogP contribution in [-0.4, -0.2) is 26.1 Å². The van der Waals surface area contributed by atoms with Crippen molar-refractivity contribution in [2.24, 2.45) is 0 Å². The highest BCUT2D eigenvalue weighted by atomic mass is 19.4. The molecule has 0 spiro atoms. The van der Waals surface area contributed by atoms with Crippen molar-refractivity contribution in [1.29, 1.82) is 0 Å². The predicted octanol–water partition coefficient (Wildman–Crippen LogP) is 5.40. The Morgan fingerprint density at radius 1 is 1.04 bits per heavy atom. The fraction of sp³-hybridized carbons (Fsp3) is 0.684. The van der Waals surface area contributed by atoms with Gasteiger partial charge < -0.3 is 14.8 Å². The first-order chi connectivity index (χ1) is 12.0. The minimum Gasteiger partial charge on any atom is -0.490 e. The average molecular weight is 359 g/mol. The van der Waals surface area contributed by atoms with E-state index in [0.717, 1.165) is 57.2 Å². The van der Waals surface area contributed by atoms with Gasteiger partial charge in [0.15, 0.2) is 11.5 Å². The second-order valence-electron chi connectivity index (χ2n) is 6.54. The van der Waals surface area contributed by atoms with Gasteiger partial charge in [0, 0.05) is 0 Å². The number of hydrogen-bond donors (Lipinski definition) is 1. The topological polar surface area (TPSA) is 30.5 Å². The van der Waals surface area contributed by atoms with E-state index in [2.05, 4.69) is 17.0 Å². The molecule has 0 bridgehead atoms. The summed E-state index contributed by atoms with van der Waals surface area (Å²) >= 11 is 0. The Bertz CT molecular complexity index is 514. The van der Waals surface area contributed by atoms with Crippen molar-refractivity contribution in [3.05, 3.63) is 23.8 Å². The summed E-state index contributed by atoms with van der Waals surface area (Å²) in [4.78, 5) is 0. The minimum atomic E-state index is -4.71. The van der Waals surface area contributed by atoms with Gasteiger partial charge in [0.25, 0.3) is 0 Å². The molecule has 0 aliphatic carbocycles. The number of unbranched alkanes of at least 4 members (excludes halogenated alkanes) is 4. The average Bonchev–Trinajstić information content (AvgIpc) is 2.58. The summed E-state index contributed by atoms with van der Waals surface area (Å²) in [5, 5.41) is 3.30. The van der Waals surface area contributed by atoms with Gasteiger partial charge in [0.2, 0.25) is 0 Å². The molecule has 142 valence electrons. The van der Waals surface area contributed by atoms with Crippen LogP contribution in [0, 0.1) is 0 Å². The quantitative estimate of drug-likeness (QED) is 0.599. The van der Waals surface area contributed by atoms with Crippen LogP contribution in [-0.2, 0) is 0 Å². The second kappa shape index (κ2) is 9.90. The molecule has 1 aromatic rings. The molecule has 1 aromatic carbocycles. The van der Waals surface area contributed by atoms with Crippen molar-refractivity contribution in [1.82, 2.24) is 5.32 Å². The molecule has 1 aliphatic rings. The van der Waals surface area contributed by atoms with Crippen molar-refractivity contribution < 1.29 is 22.6 Å². The lowest BCUT2D eigenvalue weighted by molar-refractivity contribution is -0.275. The van der Waals surface area contributed by atoms with Crippen molar-refractivity contribution >= 4 is 0 Å². The highest BCUT2D eigenvalue weighted by Gasteiger charge is 2.32. The lowest BCUT2D eigenvalue weighted by Crippen LogP contribution is -2.26. The summed E-state index contributed by atoms with van der Waals surface area (Å²) in [5.41, 5.74) is 1.03. The monoisotopic (exact) mass is 359 g/mol. The number of alkyl halides is 3. The molecule has 0 unspecified atom stereocenters. The van der Waals surface area contributed by atoms with E-state index in [0.29, 0.717) is 12.5 Å². The zero-order valence-corrected chi connectivity index (χ0v) is 14.8. The fourth-order valence-electron chi connectivity index (χ4n) is 3.14. The van der Waals surface area contributed by atoms with Gasteiger partial charge >= 0.3 is 6.36 Å². The normalized spacial score (nSPS) is 16.0. The third-order valence-corrected chi connectivity index (χ3v) is 4.51. The smallest absolute Gasteiger partial charge is 0.490 e. The van der Waals surface area contributed by atoms with Gasteiger partial charge in [-0.05, 0) is 56.0 Å². The van der Waals surface area contributed by atoms with Gasteiger partial charge in [-0.25, -0.2) is 0 Å². The van der Waals surface area contributed by atoms with Gasteiger partial charge in [0.1, 0.15) is 0 Å². The molecule has 0 radical (unpaired) electrons. The van der Waals surface area contributed by atoms with Crippen LogP contribution < -0.4 is 14.8 Å². The van der Waals surface area contributed by atoms with Gasteiger partial charge in [-0.2, -0.15) is 0 Å². The summed E-state index contributed by atoms with van der Waals surface area (Å²) in [5.74, 6) is 0.302. The molecule has 3 nitrogen and oxygen atoms in total. The Kier molecular flexibility index (Phi) is 7.88. The van der Waals surface area contributed by atoms with E-state index in [1.165, 1.54) is 12.5 Å². The molecule has 0 aromatic heterocycles. The van der Waals surface area contributed by atoms with E-state index in [-0.39, 0.29) is 11.5 Å². The Morgan fingerprint density at radius 2 is 1.76 bits per heavy atom. The molecule has 0 atom stereocenters. The Morgan fingerprint density at radius 3 is 2.44 bits per heavy atom. The SMILES string of the molecule is CCCCCCCOc1cc(C2CCNCC2)ccc1OC(F)(F)F. The first kappa shape index (κ1) is 19.9. The van der Waals surface area contributed by atoms with Crippen molar-refractivity contribution in [2.45, 2.75) is 64.1 Å². The third-order valence-electron chi connectivity index (χ3n) is 4.51. The number of nitrogens with one attached hydrogen (secondary N) is 1. The third kappa shape index (κ3) is 7.14. The number of hydrogen-bond acceptors (Lipinski definition) is 3. The molecule has 2 rings (SSSR count). The van der Waals surface area contributed by atoms with Crippen LogP contribution in [0.1, 0.15) is 63.4 Å². The molecule has 1 saturated heterocycles. The van der Waals surface area contributed by atoms with Crippen molar-refractivity contribution in [2.75, 3.05) is 19.7 Å². The zero-order valence-electron chi connectivity index (χ0n) is 14.8. The lowest BCUT2D eigenvalue weighted by atomic mass is 9.90. The number of ether oxygens (including phenoxy) is 2. The molecular formula is C19H28F3NO2. The van der Waals surface area contributed by atoms with E-state index < -0.39 is 6.36 Å². The van der Waals surface area contributed by atoms with Crippen molar-refractivity contribution in [3.63, 3.8) is 0 Å². The molecular weight excluding hydrogens is 331 g/mol. The molecule has 6 heteroatoms. The largest absolute Gasteiger partial charge is 0.573 e. The maximum absolute atomic E-state index is 12.6. The van der Waals surface area contributed by atoms with Gasteiger partial charge in [-0.15, -0.1) is 13.2 Å². The summed E-state index contributed by atoms with van der Waals surface area (Å²) in [6.07, 6.45) is 2.57. The van der Waals surface area contributed by atoms with E-state index in [1.54, 1.807) is 12.1 Å². The van der Waals surface area contributed by atoms with Gasteiger partial charge in [-0.3, -0.25) is 0 Å². The van der Waals surface area contributed by atoms with Gasteiger partial charge in [0.05, 0.1) is 6.61 Å². The highest BCUT2D eigenvalue weighted by Crippen LogP contribution is 2.36. The minimum absolute atomic E-state index is 0.198. The number of rotatable bonds is 9. The summed E-state index contributed by atoms with van der Waals surface area (Å²) in [6, 6.07) is 4.84. The first-order valence-electron chi connectivity index (χ1n) is 9.23. The van der Waals surface area contributed by atoms with E-state index >= 15 is 0 Å². The fourth-order valence-corrected chi connectivity index (χ4v) is 3.14. The summed E-state index contributed by atoms with van der Waals surface area (Å²) in [6.45, 7) is 4.41. The molecule has 1 aliphatic heterocycles. The molecule has 1 N–H and O–H groups in total. The van der Waals surface area contributed by atoms with Crippen LogP contribution in [0.15, 0.2) is 18.2 Å². The highest BCUT2D eigenvalue weighted by molar-refractivity contribution is 5.44. The standard InChI is InChI=1S/C19H28F3NO2/c1-2-3-4-5-6-13-24-18-14-16(15-9-11-23-12-10-15)7-8-17(18)25-19(20,21)22/h7-8,14-15,23H,2-6,9-13H2,1H3. The Labute approximate surface area is 147 Å². The Hall–Kier alpha value is -1.43. The van der Waals surface area contributed by atoms with Crippen LogP contribution >= 0.6 is 0 Å². The van der Waals surface area contributed by atoms with Crippen LogP contribution in [0.5, 0.6) is 11.5 Å². The first-order valence-corrected chi connectivity index (χ1v) is 9.23. The number of piperidine rings is 1. The van der Waals surface area contributed by atoms with Crippen LogP contribution in [0.2, 0.25) is 0 Å². The summed E-state index contributed by atoms with van der Waals surface area (Å²) < 4.78 is 47.6. The maximum atomic E-state index is 12.6. The van der Waals surface area contributed by atoms with Crippen LogP contribution in [0.3, 0.4) is 0 Å². The molecule has 25 heavy (non-hydrogen) atoms. The van der Waals surface area contributed by atoms with E-state index in [4.69, 9.17) is 4.74 Å². The molecule has 0 saturated carbocycles. The van der Waals surface area contributed by atoms with E-state index in [9.17, 15) is 13.2 Å². The van der Waals surface area contributed by atoms with Crippen LogP contribution in [0.25, 0.3) is 0 Å². The molecule has 1 fully saturated rings. The molecule has 1 heterocycles. The second-order valence-corrected chi connectivity index (χ2v) is 6.54. The van der Waals surface area contributed by atoms with Crippen LogP contribution in [0.4, 0.5) is 13.2 Å². The van der Waals surface area contributed by atoms with E-state index in [1.807, 2.05) is 0 Å². The predicted molar refractivity (Wildman–Crippen MR) is 92.2 cm³/mol. The number of halogens is 3. The molecule has 0 amide bonds. The summed E-state index contributed by atoms with van der Waals surface area (Å²) in [7, 11) is 0. The van der Waals surface area contributed by atoms with Gasteiger partial charge in [-0.1, -0.05) is 38.7 Å². The Balaban J connectivity index is 2.02. The zero-order chi connectivity index (χ0) is 18.1. The van der Waals surface area contributed by atoms with Crippen molar-refractivity contribution in [3.8, 4) is 11.5 Å². The lowest BCUT2D eigenvalue weighted by Gasteiger charge is -2.24. The number of benzene rings is 1. The maximum Gasteiger partial charge on any atom is 0.573 e.